The fraction of sp³-hybridized carbons (Fsp3) is 0.667. The van der Waals surface area contributed by atoms with Crippen molar-refractivity contribution in [3.05, 3.63) is 12.7 Å². The van der Waals surface area contributed by atoms with Crippen LogP contribution in [0.4, 0.5) is 0 Å². The van der Waals surface area contributed by atoms with Crippen LogP contribution in [0.2, 0.25) is 0 Å². The number of aromatic nitrogens is 3. The van der Waals surface area contributed by atoms with Gasteiger partial charge in [-0.05, 0) is 5.92 Å². The van der Waals surface area contributed by atoms with E-state index in [1.54, 1.807) is 11.0 Å². The number of hydrogen-bond donors (Lipinski definition) is 2. The highest BCUT2D eigenvalue weighted by Crippen LogP contribution is 1.97. The van der Waals surface area contributed by atoms with Gasteiger partial charge in [-0.15, -0.1) is 0 Å². The van der Waals surface area contributed by atoms with Crippen LogP contribution in [-0.4, -0.2) is 33.3 Å². The molecule has 3 N–H and O–H groups in total. The van der Waals surface area contributed by atoms with Crippen molar-refractivity contribution in [2.45, 2.75) is 26.4 Å². The molecule has 6 heteroatoms. The lowest BCUT2D eigenvalue weighted by Gasteiger charge is -2.15. The van der Waals surface area contributed by atoms with Gasteiger partial charge >= 0.3 is 0 Å². The molecule has 1 unspecified atom stereocenters. The molecule has 0 bridgehead atoms. The Bertz CT molecular complexity index is 295. The second-order valence-electron chi connectivity index (χ2n) is 3.72. The lowest BCUT2D eigenvalue weighted by molar-refractivity contribution is -0.123. The highest BCUT2D eigenvalue weighted by molar-refractivity contribution is 5.81. The Kier molecular flexibility index (Phi) is 4.23. The molecule has 0 aliphatic carbocycles. The summed E-state index contributed by atoms with van der Waals surface area (Å²) in [5.74, 6) is 0.0292. The van der Waals surface area contributed by atoms with Gasteiger partial charge in [0.1, 0.15) is 12.7 Å². The number of nitrogens with two attached hydrogens (primary N) is 1. The van der Waals surface area contributed by atoms with E-state index in [1.165, 1.54) is 6.33 Å². The molecule has 1 aromatic heterocycles. The van der Waals surface area contributed by atoms with Crippen LogP contribution in [0.15, 0.2) is 12.7 Å². The lowest BCUT2D eigenvalue weighted by atomic mass is 10.1. The van der Waals surface area contributed by atoms with Gasteiger partial charge < -0.3 is 11.1 Å². The Balaban J connectivity index is 2.23. The van der Waals surface area contributed by atoms with E-state index in [0.717, 1.165) is 0 Å². The third-order valence-electron chi connectivity index (χ3n) is 2.13. The maximum Gasteiger partial charge on any atom is 0.237 e. The third-order valence-corrected chi connectivity index (χ3v) is 2.13. The van der Waals surface area contributed by atoms with E-state index < -0.39 is 6.04 Å². The van der Waals surface area contributed by atoms with Crippen LogP contribution in [0.1, 0.15) is 13.8 Å². The molecule has 1 aromatic rings. The first-order valence-electron chi connectivity index (χ1n) is 4.97. The van der Waals surface area contributed by atoms with E-state index in [0.29, 0.717) is 13.1 Å². The molecule has 6 nitrogen and oxygen atoms in total. The standard InChI is InChI=1S/C9H17N5O/c1-7(2)8(10)9(15)12-3-4-14-6-11-5-13-14/h5-8H,3-4,10H2,1-2H3,(H,12,15). The van der Waals surface area contributed by atoms with Crippen molar-refractivity contribution in [2.75, 3.05) is 6.54 Å². The maximum absolute atomic E-state index is 11.4. The predicted octanol–water partition coefficient (Wildman–Crippen LogP) is -0.622. The zero-order chi connectivity index (χ0) is 11.3. The van der Waals surface area contributed by atoms with Gasteiger partial charge in [-0.1, -0.05) is 13.8 Å². The Labute approximate surface area is 88.9 Å². The van der Waals surface area contributed by atoms with E-state index in [1.807, 2.05) is 13.8 Å². The molecule has 0 radical (unpaired) electrons. The minimum Gasteiger partial charge on any atom is -0.353 e. The summed E-state index contributed by atoms with van der Waals surface area (Å²) in [4.78, 5) is 15.2. The molecule has 0 saturated carbocycles. The van der Waals surface area contributed by atoms with Crippen LogP contribution in [0.3, 0.4) is 0 Å². The van der Waals surface area contributed by atoms with Gasteiger partial charge in [0.15, 0.2) is 0 Å². The van der Waals surface area contributed by atoms with Crippen LogP contribution < -0.4 is 11.1 Å². The predicted molar refractivity (Wildman–Crippen MR) is 55.8 cm³/mol. The van der Waals surface area contributed by atoms with Crippen LogP contribution in [0.5, 0.6) is 0 Å². The normalized spacial score (nSPS) is 12.8. The lowest BCUT2D eigenvalue weighted by Crippen LogP contribution is -2.44. The first kappa shape index (κ1) is 11.6. The summed E-state index contributed by atoms with van der Waals surface area (Å²) < 4.78 is 1.65. The van der Waals surface area contributed by atoms with Gasteiger partial charge in [0.05, 0.1) is 12.6 Å². The van der Waals surface area contributed by atoms with E-state index >= 15 is 0 Å². The smallest absolute Gasteiger partial charge is 0.237 e. The van der Waals surface area contributed by atoms with Crippen LogP contribution in [0.25, 0.3) is 0 Å². The minimum atomic E-state index is -0.444. The Hall–Kier alpha value is -1.43. The molecule has 1 heterocycles. The van der Waals surface area contributed by atoms with Crippen molar-refractivity contribution in [3.8, 4) is 0 Å². The molecule has 0 saturated heterocycles. The van der Waals surface area contributed by atoms with Crippen LogP contribution >= 0.6 is 0 Å². The van der Waals surface area contributed by atoms with Gasteiger partial charge in [-0.3, -0.25) is 9.48 Å². The highest BCUT2D eigenvalue weighted by atomic mass is 16.2. The van der Waals surface area contributed by atoms with E-state index in [2.05, 4.69) is 15.4 Å². The summed E-state index contributed by atoms with van der Waals surface area (Å²) >= 11 is 0. The Morgan fingerprint density at radius 1 is 1.60 bits per heavy atom. The number of carbonyl (C=O) groups is 1. The summed E-state index contributed by atoms with van der Waals surface area (Å²) in [6.07, 6.45) is 3.07. The third kappa shape index (κ3) is 3.67. The molecule has 1 amide bonds. The first-order valence-corrected chi connectivity index (χ1v) is 4.97. The number of carbonyl (C=O) groups excluding carboxylic acids is 1. The van der Waals surface area contributed by atoms with Crippen LogP contribution in [-0.2, 0) is 11.3 Å². The van der Waals surface area contributed by atoms with Crippen molar-refractivity contribution in [1.29, 1.82) is 0 Å². The topological polar surface area (TPSA) is 85.8 Å². The quantitative estimate of drug-likeness (QED) is 0.679. The van der Waals surface area contributed by atoms with Gasteiger partial charge in [0.25, 0.3) is 0 Å². The molecular formula is C9H17N5O. The molecule has 0 aromatic carbocycles. The molecule has 1 rings (SSSR count). The highest BCUT2D eigenvalue weighted by Gasteiger charge is 2.16. The van der Waals surface area contributed by atoms with Gasteiger partial charge in [0.2, 0.25) is 5.91 Å². The fourth-order valence-corrected chi connectivity index (χ4v) is 1.06. The molecular weight excluding hydrogens is 194 g/mol. The summed E-state index contributed by atoms with van der Waals surface area (Å²) in [5, 5.41) is 6.67. The second kappa shape index (κ2) is 5.45. The monoisotopic (exact) mass is 211 g/mol. The van der Waals surface area contributed by atoms with Crippen molar-refractivity contribution < 1.29 is 4.79 Å². The van der Waals surface area contributed by atoms with Gasteiger partial charge in [0, 0.05) is 6.54 Å². The molecule has 0 aliphatic rings. The minimum absolute atomic E-state index is 0.120. The van der Waals surface area contributed by atoms with Crippen LogP contribution in [0, 0.1) is 5.92 Å². The second-order valence-corrected chi connectivity index (χ2v) is 3.72. The summed E-state index contributed by atoms with van der Waals surface area (Å²) in [6, 6.07) is -0.444. The van der Waals surface area contributed by atoms with Gasteiger partial charge in [-0.2, -0.15) is 5.10 Å². The van der Waals surface area contributed by atoms with Crippen molar-refractivity contribution >= 4 is 5.91 Å². The van der Waals surface area contributed by atoms with E-state index in [9.17, 15) is 4.79 Å². The number of rotatable bonds is 5. The molecule has 0 fully saturated rings. The fourth-order valence-electron chi connectivity index (χ4n) is 1.06. The molecule has 0 spiro atoms. The zero-order valence-electron chi connectivity index (χ0n) is 9.05. The number of hydrogen-bond acceptors (Lipinski definition) is 4. The number of nitrogens with one attached hydrogen (secondary N) is 1. The van der Waals surface area contributed by atoms with Crippen molar-refractivity contribution in [2.24, 2.45) is 11.7 Å². The number of nitrogens with zero attached hydrogens (tertiary/aromatic N) is 3. The number of amides is 1. The average molecular weight is 211 g/mol. The zero-order valence-corrected chi connectivity index (χ0v) is 9.05. The molecule has 84 valence electrons. The first-order chi connectivity index (χ1) is 7.11. The van der Waals surface area contributed by atoms with Crippen molar-refractivity contribution in [1.82, 2.24) is 20.1 Å². The maximum atomic E-state index is 11.4. The van der Waals surface area contributed by atoms with E-state index in [-0.39, 0.29) is 11.8 Å². The largest absolute Gasteiger partial charge is 0.353 e. The molecule has 1 atom stereocenters. The Morgan fingerprint density at radius 2 is 2.33 bits per heavy atom. The van der Waals surface area contributed by atoms with Crippen molar-refractivity contribution in [3.63, 3.8) is 0 Å². The summed E-state index contributed by atoms with van der Waals surface area (Å²) in [6.45, 7) is 4.96. The summed E-state index contributed by atoms with van der Waals surface area (Å²) in [7, 11) is 0. The molecule has 15 heavy (non-hydrogen) atoms. The summed E-state index contributed by atoms with van der Waals surface area (Å²) in [5.41, 5.74) is 5.67. The Morgan fingerprint density at radius 3 is 2.87 bits per heavy atom. The van der Waals surface area contributed by atoms with Gasteiger partial charge in [-0.25, -0.2) is 4.98 Å². The average Bonchev–Trinajstić information content (AvgIpc) is 2.69. The molecule has 0 aliphatic heterocycles. The SMILES string of the molecule is CC(C)C(N)C(=O)NCCn1cncn1. The van der Waals surface area contributed by atoms with E-state index in [4.69, 9.17) is 5.73 Å².